The molecule has 1 heterocycles. The van der Waals surface area contributed by atoms with Gasteiger partial charge in [-0.25, -0.2) is 9.78 Å². The summed E-state index contributed by atoms with van der Waals surface area (Å²) in [5, 5.41) is 3.26. The molecule has 0 unspecified atom stereocenters. The van der Waals surface area contributed by atoms with E-state index in [1.807, 2.05) is 24.3 Å². The lowest BCUT2D eigenvalue weighted by Gasteiger charge is -2.07. The molecule has 4 nitrogen and oxygen atoms in total. The normalized spacial score (nSPS) is 9.95. The molecule has 1 N–H and O–H groups in total. The number of carbonyl (C=O) groups is 1. The van der Waals surface area contributed by atoms with E-state index in [2.05, 4.69) is 27.2 Å². The molecule has 0 saturated heterocycles. The fourth-order valence-electron chi connectivity index (χ4n) is 1.75. The number of methoxy groups -OCH3 is 1. The number of pyridine rings is 1. The van der Waals surface area contributed by atoms with Gasteiger partial charge in [-0.05, 0) is 24.1 Å². The van der Waals surface area contributed by atoms with E-state index in [0.717, 1.165) is 18.7 Å². The summed E-state index contributed by atoms with van der Waals surface area (Å²) >= 11 is 0. The highest BCUT2D eigenvalue weighted by Crippen LogP contribution is 2.09. The van der Waals surface area contributed by atoms with E-state index >= 15 is 0 Å². The molecule has 98 valence electrons. The molecule has 0 spiro atoms. The highest BCUT2D eigenvalue weighted by molar-refractivity contribution is 5.88. The van der Waals surface area contributed by atoms with Gasteiger partial charge in [-0.3, -0.25) is 0 Å². The second kappa shape index (κ2) is 6.54. The van der Waals surface area contributed by atoms with Gasteiger partial charge in [-0.2, -0.15) is 0 Å². The molecule has 0 fully saturated rings. The lowest BCUT2D eigenvalue weighted by atomic mass is 10.1. The summed E-state index contributed by atoms with van der Waals surface area (Å²) in [6, 6.07) is 13.8. The number of benzene rings is 1. The van der Waals surface area contributed by atoms with Gasteiger partial charge < -0.3 is 10.1 Å². The van der Waals surface area contributed by atoms with Crippen molar-refractivity contribution in [3.05, 3.63) is 59.9 Å². The quantitative estimate of drug-likeness (QED) is 0.835. The van der Waals surface area contributed by atoms with Crippen LogP contribution in [-0.2, 0) is 11.2 Å². The zero-order valence-electron chi connectivity index (χ0n) is 10.8. The van der Waals surface area contributed by atoms with Crippen LogP contribution in [0, 0.1) is 0 Å². The van der Waals surface area contributed by atoms with Crippen LogP contribution in [-0.4, -0.2) is 24.6 Å². The van der Waals surface area contributed by atoms with Crippen molar-refractivity contribution in [3.8, 4) is 0 Å². The van der Waals surface area contributed by atoms with Gasteiger partial charge in [0.25, 0.3) is 0 Å². The van der Waals surface area contributed by atoms with Crippen LogP contribution < -0.4 is 5.32 Å². The summed E-state index contributed by atoms with van der Waals surface area (Å²) < 4.78 is 4.64. The standard InChI is InChI=1S/C15H16N2O2/c1-19-15(18)14-11-13(8-10-17-14)16-9-7-12-5-3-2-4-6-12/h2-6,8,10-11H,7,9H2,1H3,(H,16,17). The first-order valence-electron chi connectivity index (χ1n) is 6.12. The Balaban J connectivity index is 1.91. The van der Waals surface area contributed by atoms with Crippen molar-refractivity contribution >= 4 is 11.7 Å². The molecular weight excluding hydrogens is 240 g/mol. The molecule has 2 aromatic rings. The molecule has 4 heteroatoms. The maximum Gasteiger partial charge on any atom is 0.356 e. The van der Waals surface area contributed by atoms with E-state index in [4.69, 9.17) is 0 Å². The van der Waals surface area contributed by atoms with Gasteiger partial charge in [-0.15, -0.1) is 0 Å². The molecule has 0 aliphatic heterocycles. The van der Waals surface area contributed by atoms with Gasteiger partial charge in [0.05, 0.1) is 7.11 Å². The first-order valence-corrected chi connectivity index (χ1v) is 6.12. The largest absolute Gasteiger partial charge is 0.464 e. The third-order valence-corrected chi connectivity index (χ3v) is 2.74. The van der Waals surface area contributed by atoms with E-state index in [-0.39, 0.29) is 0 Å². The number of ether oxygens (including phenoxy) is 1. The Morgan fingerprint density at radius 3 is 2.79 bits per heavy atom. The number of hydrogen-bond acceptors (Lipinski definition) is 4. The van der Waals surface area contributed by atoms with Crippen LogP contribution in [0.5, 0.6) is 0 Å². The summed E-state index contributed by atoms with van der Waals surface area (Å²) in [7, 11) is 1.35. The summed E-state index contributed by atoms with van der Waals surface area (Å²) in [5.41, 5.74) is 2.45. The zero-order valence-corrected chi connectivity index (χ0v) is 10.8. The lowest BCUT2D eigenvalue weighted by Crippen LogP contribution is -2.08. The van der Waals surface area contributed by atoms with Crippen LogP contribution in [0.25, 0.3) is 0 Å². The molecule has 0 aliphatic carbocycles. The minimum atomic E-state index is -0.424. The van der Waals surface area contributed by atoms with E-state index in [9.17, 15) is 4.79 Å². The average molecular weight is 256 g/mol. The van der Waals surface area contributed by atoms with Gasteiger partial charge in [0.2, 0.25) is 0 Å². The Kier molecular flexibility index (Phi) is 4.50. The zero-order chi connectivity index (χ0) is 13.5. The van der Waals surface area contributed by atoms with E-state index in [0.29, 0.717) is 5.69 Å². The number of nitrogens with one attached hydrogen (secondary N) is 1. The van der Waals surface area contributed by atoms with Gasteiger partial charge >= 0.3 is 5.97 Å². The van der Waals surface area contributed by atoms with Gasteiger partial charge in [-0.1, -0.05) is 30.3 Å². The molecule has 2 rings (SSSR count). The average Bonchev–Trinajstić information content (AvgIpc) is 2.48. The maximum atomic E-state index is 11.3. The van der Waals surface area contributed by atoms with Crippen LogP contribution >= 0.6 is 0 Å². The van der Waals surface area contributed by atoms with Crippen LogP contribution in [0.3, 0.4) is 0 Å². The van der Waals surface area contributed by atoms with Crippen molar-refractivity contribution in [1.29, 1.82) is 0 Å². The minimum absolute atomic E-state index is 0.312. The second-order valence-corrected chi connectivity index (χ2v) is 4.08. The number of esters is 1. The van der Waals surface area contributed by atoms with Crippen molar-refractivity contribution in [2.24, 2.45) is 0 Å². The Morgan fingerprint density at radius 2 is 2.05 bits per heavy atom. The fraction of sp³-hybridized carbons (Fsp3) is 0.200. The monoisotopic (exact) mass is 256 g/mol. The van der Waals surface area contributed by atoms with Gasteiger partial charge in [0.15, 0.2) is 0 Å². The molecule has 1 aromatic heterocycles. The Labute approximate surface area is 112 Å². The molecule has 0 bridgehead atoms. The second-order valence-electron chi connectivity index (χ2n) is 4.08. The Morgan fingerprint density at radius 1 is 1.26 bits per heavy atom. The lowest BCUT2D eigenvalue weighted by molar-refractivity contribution is 0.0594. The predicted molar refractivity (Wildman–Crippen MR) is 74.2 cm³/mol. The molecule has 0 aliphatic rings. The van der Waals surface area contributed by atoms with Crippen molar-refractivity contribution in [1.82, 2.24) is 4.98 Å². The molecule has 0 amide bonds. The molecule has 0 atom stereocenters. The fourth-order valence-corrected chi connectivity index (χ4v) is 1.75. The van der Waals surface area contributed by atoms with Crippen LogP contribution in [0.2, 0.25) is 0 Å². The van der Waals surface area contributed by atoms with Crippen molar-refractivity contribution < 1.29 is 9.53 Å². The molecule has 1 aromatic carbocycles. The number of rotatable bonds is 5. The SMILES string of the molecule is COC(=O)c1cc(NCCc2ccccc2)ccn1. The molecule has 0 radical (unpaired) electrons. The van der Waals surface area contributed by atoms with Crippen molar-refractivity contribution in [3.63, 3.8) is 0 Å². The van der Waals surface area contributed by atoms with E-state index in [1.54, 1.807) is 12.3 Å². The molecule has 0 saturated carbocycles. The summed E-state index contributed by atoms with van der Waals surface area (Å²) in [6.07, 6.45) is 2.52. The first kappa shape index (κ1) is 13.1. The molecule has 19 heavy (non-hydrogen) atoms. The van der Waals surface area contributed by atoms with Crippen LogP contribution in [0.1, 0.15) is 16.1 Å². The smallest absolute Gasteiger partial charge is 0.356 e. The topological polar surface area (TPSA) is 51.2 Å². The van der Waals surface area contributed by atoms with Gasteiger partial charge in [0, 0.05) is 18.4 Å². The van der Waals surface area contributed by atoms with E-state index in [1.165, 1.54) is 12.7 Å². The highest BCUT2D eigenvalue weighted by atomic mass is 16.5. The van der Waals surface area contributed by atoms with Crippen LogP contribution in [0.15, 0.2) is 48.7 Å². The Hall–Kier alpha value is -2.36. The number of anilines is 1. The summed E-state index contributed by atoms with van der Waals surface area (Å²) in [6.45, 7) is 0.800. The van der Waals surface area contributed by atoms with E-state index < -0.39 is 5.97 Å². The predicted octanol–water partition coefficient (Wildman–Crippen LogP) is 2.52. The number of nitrogens with zero attached hydrogens (tertiary/aromatic N) is 1. The molecular formula is C15H16N2O2. The highest BCUT2D eigenvalue weighted by Gasteiger charge is 2.06. The number of carbonyl (C=O) groups excluding carboxylic acids is 1. The minimum Gasteiger partial charge on any atom is -0.464 e. The first-order chi connectivity index (χ1) is 9.29. The third-order valence-electron chi connectivity index (χ3n) is 2.74. The van der Waals surface area contributed by atoms with Crippen molar-refractivity contribution in [2.45, 2.75) is 6.42 Å². The number of aromatic nitrogens is 1. The third kappa shape index (κ3) is 3.81. The van der Waals surface area contributed by atoms with Crippen molar-refractivity contribution in [2.75, 3.05) is 19.0 Å². The van der Waals surface area contributed by atoms with Crippen LogP contribution in [0.4, 0.5) is 5.69 Å². The number of hydrogen-bond donors (Lipinski definition) is 1. The van der Waals surface area contributed by atoms with Gasteiger partial charge in [0.1, 0.15) is 5.69 Å². The summed E-state index contributed by atoms with van der Waals surface area (Å²) in [4.78, 5) is 15.3. The Bertz CT molecular complexity index is 541. The maximum absolute atomic E-state index is 11.3. The summed E-state index contributed by atoms with van der Waals surface area (Å²) in [5.74, 6) is -0.424.